The van der Waals surface area contributed by atoms with Crippen LogP contribution in [0, 0.1) is 0 Å². The summed E-state index contributed by atoms with van der Waals surface area (Å²) in [5, 5.41) is 5.88. The normalized spacial score (nSPS) is 10.7. The van der Waals surface area contributed by atoms with Crippen LogP contribution in [0.15, 0.2) is 65.1 Å². The number of fused-ring (bicyclic) bond motifs is 1. The molecule has 0 radical (unpaired) electrons. The van der Waals surface area contributed by atoms with E-state index in [-0.39, 0.29) is 11.0 Å². The summed E-state index contributed by atoms with van der Waals surface area (Å²) in [6, 6.07) is 18.7. The van der Waals surface area contributed by atoms with Crippen LogP contribution >= 0.6 is 12.2 Å². The molecule has 8 heteroatoms. The fourth-order valence-corrected chi connectivity index (χ4v) is 3.68. The van der Waals surface area contributed by atoms with Crippen molar-refractivity contribution in [3.8, 4) is 11.5 Å². The lowest BCUT2D eigenvalue weighted by atomic mass is 10.1. The summed E-state index contributed by atoms with van der Waals surface area (Å²) in [6.45, 7) is 2.12. The van der Waals surface area contributed by atoms with Gasteiger partial charge in [0.1, 0.15) is 17.0 Å². The van der Waals surface area contributed by atoms with Crippen molar-refractivity contribution < 1.29 is 18.7 Å². The van der Waals surface area contributed by atoms with E-state index in [4.69, 9.17) is 26.1 Å². The van der Waals surface area contributed by atoms with Gasteiger partial charge in [-0.2, -0.15) is 0 Å². The van der Waals surface area contributed by atoms with Crippen molar-refractivity contribution in [2.45, 2.75) is 19.8 Å². The maximum absolute atomic E-state index is 12.6. The van der Waals surface area contributed by atoms with Crippen molar-refractivity contribution in [2.75, 3.05) is 19.5 Å². The number of nitrogens with one attached hydrogen (secondary N) is 2. The van der Waals surface area contributed by atoms with Gasteiger partial charge in [0.05, 0.1) is 14.2 Å². The SMILES string of the molecule is CCc1ccc2oc(Cc3ccc(NC(=S)NC(=O)c4cc(OC)cc(OC)c4)cc3)nc2c1. The monoisotopic (exact) mass is 475 g/mol. The molecule has 0 aliphatic carbocycles. The zero-order valence-corrected chi connectivity index (χ0v) is 20.0. The second-order valence-electron chi connectivity index (χ2n) is 7.65. The van der Waals surface area contributed by atoms with E-state index in [0.717, 1.165) is 28.8 Å². The molecule has 4 aromatic rings. The first kappa shape index (κ1) is 23.3. The molecule has 7 nitrogen and oxygen atoms in total. The number of thiocarbonyl (C=S) groups is 1. The smallest absolute Gasteiger partial charge is 0.257 e. The molecule has 0 saturated heterocycles. The molecule has 1 heterocycles. The zero-order chi connectivity index (χ0) is 24.1. The second kappa shape index (κ2) is 10.4. The number of carbonyl (C=O) groups is 1. The number of hydrogen-bond donors (Lipinski definition) is 2. The average molecular weight is 476 g/mol. The van der Waals surface area contributed by atoms with Crippen molar-refractivity contribution in [1.82, 2.24) is 10.3 Å². The average Bonchev–Trinajstić information content (AvgIpc) is 3.26. The molecule has 4 rings (SSSR count). The van der Waals surface area contributed by atoms with E-state index in [0.29, 0.717) is 29.4 Å². The van der Waals surface area contributed by atoms with Crippen LogP contribution in [0.4, 0.5) is 5.69 Å². The van der Waals surface area contributed by atoms with Crippen LogP contribution in [0.3, 0.4) is 0 Å². The summed E-state index contributed by atoms with van der Waals surface area (Å²) in [5.41, 5.74) is 5.08. The number of ether oxygens (including phenoxy) is 2. The molecule has 0 aliphatic rings. The van der Waals surface area contributed by atoms with Gasteiger partial charge in [-0.3, -0.25) is 10.1 Å². The quantitative estimate of drug-likeness (QED) is 0.359. The third kappa shape index (κ3) is 5.52. The molecule has 0 saturated carbocycles. The molecule has 1 aromatic heterocycles. The van der Waals surface area contributed by atoms with E-state index in [1.54, 1.807) is 18.2 Å². The number of benzene rings is 3. The van der Waals surface area contributed by atoms with Gasteiger partial charge in [0, 0.05) is 23.7 Å². The fraction of sp³-hybridized carbons (Fsp3) is 0.192. The minimum absolute atomic E-state index is 0.185. The third-order valence-electron chi connectivity index (χ3n) is 5.31. The second-order valence-corrected chi connectivity index (χ2v) is 8.05. The Hall–Kier alpha value is -3.91. The molecule has 0 aliphatic heterocycles. The van der Waals surface area contributed by atoms with Gasteiger partial charge in [0.15, 0.2) is 16.6 Å². The molecule has 0 unspecified atom stereocenters. The largest absolute Gasteiger partial charge is 0.497 e. The number of nitrogens with zero attached hydrogens (tertiary/aromatic N) is 1. The molecule has 0 spiro atoms. The minimum atomic E-state index is -0.367. The van der Waals surface area contributed by atoms with Crippen LogP contribution in [0.2, 0.25) is 0 Å². The topological polar surface area (TPSA) is 85.6 Å². The third-order valence-corrected chi connectivity index (χ3v) is 5.52. The van der Waals surface area contributed by atoms with E-state index in [9.17, 15) is 4.79 Å². The van der Waals surface area contributed by atoms with Crippen LogP contribution in [0.5, 0.6) is 11.5 Å². The summed E-state index contributed by atoms with van der Waals surface area (Å²) < 4.78 is 16.3. The molecule has 3 aromatic carbocycles. The van der Waals surface area contributed by atoms with Crippen LogP contribution in [0.1, 0.15) is 34.3 Å². The van der Waals surface area contributed by atoms with Gasteiger partial charge in [0.25, 0.3) is 5.91 Å². The minimum Gasteiger partial charge on any atom is -0.497 e. The first-order chi connectivity index (χ1) is 16.5. The van der Waals surface area contributed by atoms with Gasteiger partial charge in [-0.25, -0.2) is 4.98 Å². The Labute approximate surface area is 203 Å². The van der Waals surface area contributed by atoms with Gasteiger partial charge in [0.2, 0.25) is 0 Å². The lowest BCUT2D eigenvalue weighted by molar-refractivity contribution is 0.0977. The van der Waals surface area contributed by atoms with E-state index >= 15 is 0 Å². The summed E-state index contributed by atoms with van der Waals surface area (Å²) in [5.74, 6) is 1.33. The zero-order valence-electron chi connectivity index (χ0n) is 19.2. The van der Waals surface area contributed by atoms with Gasteiger partial charge >= 0.3 is 0 Å². The highest BCUT2D eigenvalue weighted by Gasteiger charge is 2.12. The summed E-state index contributed by atoms with van der Waals surface area (Å²) >= 11 is 5.30. The molecule has 34 heavy (non-hydrogen) atoms. The Morgan fingerprint density at radius 2 is 1.65 bits per heavy atom. The van der Waals surface area contributed by atoms with Crippen LogP contribution in [-0.2, 0) is 12.8 Å². The first-order valence-corrected chi connectivity index (χ1v) is 11.2. The number of oxazole rings is 1. The Kier molecular flexibility index (Phi) is 7.08. The van der Waals surface area contributed by atoms with Crippen molar-refractivity contribution in [3.05, 3.63) is 83.2 Å². The van der Waals surface area contributed by atoms with Crippen LogP contribution in [-0.4, -0.2) is 30.2 Å². The van der Waals surface area contributed by atoms with Crippen LogP contribution < -0.4 is 20.1 Å². The lowest BCUT2D eigenvalue weighted by Gasteiger charge is -2.11. The summed E-state index contributed by atoms with van der Waals surface area (Å²) in [6.07, 6.45) is 1.54. The molecule has 0 fully saturated rings. The molecular formula is C26H25N3O4S. The Bertz CT molecular complexity index is 1310. The summed E-state index contributed by atoms with van der Waals surface area (Å²) in [7, 11) is 3.05. The number of aromatic nitrogens is 1. The number of amides is 1. The highest BCUT2D eigenvalue weighted by Crippen LogP contribution is 2.23. The van der Waals surface area contributed by atoms with E-state index in [2.05, 4.69) is 34.7 Å². The van der Waals surface area contributed by atoms with Gasteiger partial charge < -0.3 is 19.2 Å². The molecule has 1 amide bonds. The van der Waals surface area contributed by atoms with Crippen molar-refractivity contribution in [2.24, 2.45) is 0 Å². The maximum atomic E-state index is 12.6. The van der Waals surface area contributed by atoms with E-state index < -0.39 is 0 Å². The number of methoxy groups -OCH3 is 2. The maximum Gasteiger partial charge on any atom is 0.257 e. The lowest BCUT2D eigenvalue weighted by Crippen LogP contribution is -2.34. The number of carbonyl (C=O) groups excluding carboxylic acids is 1. The predicted molar refractivity (Wildman–Crippen MR) is 136 cm³/mol. The molecular weight excluding hydrogens is 450 g/mol. The van der Waals surface area contributed by atoms with E-state index in [1.807, 2.05) is 30.3 Å². The first-order valence-electron chi connectivity index (χ1n) is 10.8. The highest BCUT2D eigenvalue weighted by molar-refractivity contribution is 7.80. The number of anilines is 1. The number of hydrogen-bond acceptors (Lipinski definition) is 6. The molecule has 174 valence electrons. The van der Waals surface area contributed by atoms with Crippen molar-refractivity contribution in [3.63, 3.8) is 0 Å². The number of rotatable bonds is 7. The number of aryl methyl sites for hydroxylation is 1. The van der Waals surface area contributed by atoms with E-state index in [1.165, 1.54) is 19.8 Å². The van der Waals surface area contributed by atoms with Gasteiger partial charge in [-0.1, -0.05) is 25.1 Å². The Balaban J connectivity index is 1.37. The van der Waals surface area contributed by atoms with Gasteiger partial charge in [-0.15, -0.1) is 0 Å². The highest BCUT2D eigenvalue weighted by atomic mass is 32.1. The Morgan fingerprint density at radius 1 is 0.971 bits per heavy atom. The van der Waals surface area contributed by atoms with Crippen molar-refractivity contribution >= 4 is 40.0 Å². The molecule has 0 bridgehead atoms. The molecule has 2 N–H and O–H groups in total. The summed E-state index contributed by atoms with van der Waals surface area (Å²) in [4.78, 5) is 17.2. The standard InChI is InChI=1S/C26H25N3O4S/c1-4-16-7-10-23-22(11-16)28-24(33-23)12-17-5-8-19(9-6-17)27-26(34)29-25(30)18-13-20(31-2)15-21(14-18)32-3/h5-11,13-15H,4,12H2,1-3H3,(H2,27,29,30,34). The Morgan fingerprint density at radius 3 is 2.29 bits per heavy atom. The van der Waals surface area contributed by atoms with Gasteiger partial charge in [-0.05, 0) is 66.2 Å². The van der Waals surface area contributed by atoms with Crippen LogP contribution in [0.25, 0.3) is 11.1 Å². The van der Waals surface area contributed by atoms with Crippen molar-refractivity contribution in [1.29, 1.82) is 0 Å². The fourth-order valence-electron chi connectivity index (χ4n) is 3.47. The molecule has 0 atom stereocenters. The predicted octanol–water partition coefficient (Wildman–Crippen LogP) is 5.13.